The van der Waals surface area contributed by atoms with Crippen LogP contribution >= 0.6 is 15.9 Å². The van der Waals surface area contributed by atoms with E-state index in [0.29, 0.717) is 12.1 Å². The molecule has 1 aromatic rings. The molecule has 0 amide bonds. The van der Waals surface area contributed by atoms with Crippen molar-refractivity contribution in [3.8, 4) is 0 Å². The van der Waals surface area contributed by atoms with Gasteiger partial charge in [0.1, 0.15) is 11.6 Å². The fraction of sp³-hybridized carbons (Fsp3) is 0.833. The van der Waals surface area contributed by atoms with Crippen LogP contribution < -0.4 is 0 Å². The Morgan fingerprint density at radius 1 is 1.35 bits per heavy atom. The Morgan fingerprint density at radius 3 is 2.71 bits per heavy atom. The Bertz CT molecular complexity index is 359. The van der Waals surface area contributed by atoms with Crippen molar-refractivity contribution in [2.45, 2.75) is 57.0 Å². The lowest BCUT2D eigenvalue weighted by Crippen LogP contribution is -2.23. The van der Waals surface area contributed by atoms with Crippen LogP contribution in [0.5, 0.6) is 0 Å². The van der Waals surface area contributed by atoms with Crippen LogP contribution in [-0.2, 0) is 16.5 Å². The minimum absolute atomic E-state index is 0.327. The van der Waals surface area contributed by atoms with Crippen LogP contribution in [0.3, 0.4) is 0 Å². The van der Waals surface area contributed by atoms with Crippen molar-refractivity contribution in [3.63, 3.8) is 0 Å². The van der Waals surface area contributed by atoms with E-state index in [0.717, 1.165) is 36.4 Å². The van der Waals surface area contributed by atoms with E-state index in [1.54, 1.807) is 0 Å². The first-order valence-corrected chi connectivity index (χ1v) is 7.44. The van der Waals surface area contributed by atoms with Crippen LogP contribution in [0, 0.1) is 0 Å². The third-order valence-electron chi connectivity index (χ3n) is 3.16. The molecule has 1 atom stereocenters. The lowest BCUT2D eigenvalue weighted by Gasteiger charge is -2.23. The second-order valence-electron chi connectivity index (χ2n) is 4.82. The molecule has 1 aliphatic heterocycles. The number of nitrogens with zero attached hydrogens (tertiary/aromatic N) is 3. The maximum absolute atomic E-state index is 5.77. The van der Waals surface area contributed by atoms with Crippen molar-refractivity contribution >= 4 is 15.9 Å². The topological polar surface area (TPSA) is 39.9 Å². The van der Waals surface area contributed by atoms with Gasteiger partial charge in [0.05, 0.1) is 11.4 Å². The molecule has 0 bridgehead atoms. The maximum atomic E-state index is 5.77. The van der Waals surface area contributed by atoms with E-state index in [9.17, 15) is 0 Å². The number of aromatic nitrogens is 3. The molecule has 0 spiro atoms. The van der Waals surface area contributed by atoms with Gasteiger partial charge in [-0.25, -0.2) is 0 Å². The lowest BCUT2D eigenvalue weighted by atomic mass is 10.1. The SMILES string of the molecule is CC(C)n1c(CBr)nnc1CC1CCCCO1. The largest absolute Gasteiger partial charge is 0.378 e. The smallest absolute Gasteiger partial charge is 0.143 e. The number of hydrogen-bond donors (Lipinski definition) is 0. The van der Waals surface area contributed by atoms with Crippen LogP contribution in [0.4, 0.5) is 0 Å². The molecule has 96 valence electrons. The molecule has 1 aromatic heterocycles. The maximum Gasteiger partial charge on any atom is 0.143 e. The summed E-state index contributed by atoms with van der Waals surface area (Å²) in [6.07, 6.45) is 4.83. The Morgan fingerprint density at radius 2 is 2.12 bits per heavy atom. The summed E-state index contributed by atoms with van der Waals surface area (Å²) < 4.78 is 7.98. The van der Waals surface area contributed by atoms with Crippen molar-refractivity contribution in [1.82, 2.24) is 14.8 Å². The molecule has 1 saturated heterocycles. The quantitative estimate of drug-likeness (QED) is 0.803. The molecule has 0 aliphatic carbocycles. The summed E-state index contributed by atoms with van der Waals surface area (Å²) >= 11 is 3.46. The van der Waals surface area contributed by atoms with Crippen molar-refractivity contribution in [1.29, 1.82) is 0 Å². The molecule has 1 unspecified atom stereocenters. The highest BCUT2D eigenvalue weighted by Crippen LogP contribution is 2.20. The highest BCUT2D eigenvalue weighted by atomic mass is 79.9. The van der Waals surface area contributed by atoms with Crippen LogP contribution in [0.2, 0.25) is 0 Å². The molecular weight excluding hydrogens is 282 g/mol. The molecule has 2 heterocycles. The van der Waals surface area contributed by atoms with Crippen molar-refractivity contribution in [2.75, 3.05) is 6.61 Å². The third kappa shape index (κ3) is 3.07. The third-order valence-corrected chi connectivity index (χ3v) is 3.66. The van der Waals surface area contributed by atoms with E-state index in [1.807, 2.05) is 0 Å². The minimum Gasteiger partial charge on any atom is -0.378 e. The fourth-order valence-corrected chi connectivity index (χ4v) is 2.74. The van der Waals surface area contributed by atoms with Crippen LogP contribution in [0.1, 0.15) is 50.8 Å². The minimum atomic E-state index is 0.327. The van der Waals surface area contributed by atoms with Gasteiger partial charge in [0.15, 0.2) is 0 Å². The summed E-state index contributed by atoms with van der Waals surface area (Å²) in [5.74, 6) is 2.06. The standard InChI is InChI=1S/C12H20BrN3O/c1-9(2)16-11(14-15-12(16)8-13)7-10-5-3-4-6-17-10/h9-10H,3-8H2,1-2H3. The van der Waals surface area contributed by atoms with Crippen LogP contribution in [-0.4, -0.2) is 27.5 Å². The fourth-order valence-electron chi connectivity index (χ4n) is 2.36. The molecule has 0 N–H and O–H groups in total. The Balaban J connectivity index is 2.11. The summed E-state index contributed by atoms with van der Waals surface area (Å²) in [5, 5.41) is 9.29. The van der Waals surface area contributed by atoms with Crippen LogP contribution in [0.15, 0.2) is 0 Å². The molecular formula is C12H20BrN3O. The second-order valence-corrected chi connectivity index (χ2v) is 5.38. The van der Waals surface area contributed by atoms with Gasteiger partial charge in [-0.05, 0) is 33.1 Å². The number of rotatable bonds is 4. The molecule has 0 radical (unpaired) electrons. The summed E-state index contributed by atoms with van der Waals surface area (Å²) in [4.78, 5) is 0. The Labute approximate surface area is 111 Å². The Kier molecular flexibility index (Phi) is 4.56. The van der Waals surface area contributed by atoms with Gasteiger partial charge < -0.3 is 9.30 Å². The number of hydrogen-bond acceptors (Lipinski definition) is 3. The molecule has 4 nitrogen and oxygen atoms in total. The normalized spacial score (nSPS) is 21.1. The number of halogens is 1. The predicted molar refractivity (Wildman–Crippen MR) is 70.3 cm³/mol. The summed E-state index contributed by atoms with van der Waals surface area (Å²) in [6.45, 7) is 5.23. The first-order chi connectivity index (χ1) is 8.22. The van der Waals surface area contributed by atoms with Crippen LogP contribution in [0.25, 0.3) is 0 Å². The van der Waals surface area contributed by atoms with Crippen molar-refractivity contribution in [3.05, 3.63) is 11.6 Å². The predicted octanol–water partition coefficient (Wildman–Crippen LogP) is 2.87. The van der Waals surface area contributed by atoms with Gasteiger partial charge >= 0.3 is 0 Å². The summed E-state index contributed by atoms with van der Waals surface area (Å²) in [5.41, 5.74) is 0. The average molecular weight is 302 g/mol. The molecule has 2 rings (SSSR count). The molecule has 0 saturated carbocycles. The zero-order chi connectivity index (χ0) is 12.3. The van der Waals surface area contributed by atoms with Gasteiger partial charge in [-0.3, -0.25) is 0 Å². The zero-order valence-corrected chi connectivity index (χ0v) is 12.1. The number of ether oxygens (including phenoxy) is 1. The molecule has 0 aromatic carbocycles. The number of alkyl halides is 1. The average Bonchev–Trinajstić information content (AvgIpc) is 2.73. The Hall–Kier alpha value is -0.420. The van der Waals surface area contributed by atoms with Gasteiger partial charge in [-0.1, -0.05) is 15.9 Å². The van der Waals surface area contributed by atoms with Gasteiger partial charge in [0.25, 0.3) is 0 Å². The van der Waals surface area contributed by atoms with Crippen molar-refractivity contribution in [2.24, 2.45) is 0 Å². The van der Waals surface area contributed by atoms with Gasteiger partial charge in [0.2, 0.25) is 0 Å². The van der Waals surface area contributed by atoms with Gasteiger partial charge in [0, 0.05) is 19.1 Å². The second kappa shape index (κ2) is 5.96. The molecule has 1 aliphatic rings. The van der Waals surface area contributed by atoms with Gasteiger partial charge in [-0.15, -0.1) is 10.2 Å². The highest BCUT2D eigenvalue weighted by molar-refractivity contribution is 9.08. The lowest BCUT2D eigenvalue weighted by molar-refractivity contribution is 0.0150. The zero-order valence-electron chi connectivity index (χ0n) is 10.5. The molecule has 1 fully saturated rings. The van der Waals surface area contributed by atoms with E-state index in [1.165, 1.54) is 12.8 Å². The van der Waals surface area contributed by atoms with E-state index in [4.69, 9.17) is 4.74 Å². The first kappa shape index (κ1) is 13.0. The van der Waals surface area contributed by atoms with E-state index in [-0.39, 0.29) is 0 Å². The monoisotopic (exact) mass is 301 g/mol. The molecule has 17 heavy (non-hydrogen) atoms. The van der Waals surface area contributed by atoms with Gasteiger partial charge in [-0.2, -0.15) is 0 Å². The first-order valence-electron chi connectivity index (χ1n) is 6.32. The van der Waals surface area contributed by atoms with E-state index in [2.05, 4.69) is 44.5 Å². The van der Waals surface area contributed by atoms with E-state index < -0.39 is 0 Å². The highest BCUT2D eigenvalue weighted by Gasteiger charge is 2.20. The van der Waals surface area contributed by atoms with Crippen molar-refractivity contribution < 1.29 is 4.74 Å². The summed E-state index contributed by atoms with van der Waals surface area (Å²) in [6, 6.07) is 0.399. The molecule has 5 heteroatoms. The summed E-state index contributed by atoms with van der Waals surface area (Å²) in [7, 11) is 0. The van der Waals surface area contributed by atoms with E-state index >= 15 is 0 Å².